The van der Waals surface area contributed by atoms with E-state index in [1.807, 2.05) is 43.3 Å². The number of aromatic nitrogens is 1. The van der Waals surface area contributed by atoms with Crippen LogP contribution in [0.2, 0.25) is 0 Å². The lowest BCUT2D eigenvalue weighted by atomic mass is 10.1. The van der Waals surface area contributed by atoms with Crippen molar-refractivity contribution >= 4 is 11.8 Å². The van der Waals surface area contributed by atoms with Gasteiger partial charge < -0.3 is 15.0 Å². The van der Waals surface area contributed by atoms with Crippen LogP contribution in [-0.2, 0) is 22.6 Å². The normalized spacial score (nSPS) is 11.5. The van der Waals surface area contributed by atoms with Crippen LogP contribution in [0.15, 0.2) is 48.8 Å². The van der Waals surface area contributed by atoms with Crippen molar-refractivity contribution in [2.45, 2.75) is 32.9 Å². The molecule has 2 amide bonds. The van der Waals surface area contributed by atoms with Gasteiger partial charge in [-0.15, -0.1) is 0 Å². The molecule has 1 heterocycles. The highest BCUT2D eigenvalue weighted by Gasteiger charge is 2.18. The molecule has 0 spiro atoms. The molecular formula is C20H25N3O3. The molecule has 6 nitrogen and oxygen atoms in total. The fourth-order valence-corrected chi connectivity index (χ4v) is 2.42. The smallest absolute Gasteiger partial charge is 0.244 e. The van der Waals surface area contributed by atoms with E-state index in [-0.39, 0.29) is 18.2 Å². The number of benzene rings is 1. The second-order valence-corrected chi connectivity index (χ2v) is 6.12. The van der Waals surface area contributed by atoms with Gasteiger partial charge >= 0.3 is 0 Å². The predicted molar refractivity (Wildman–Crippen MR) is 99.6 cm³/mol. The Morgan fingerprint density at radius 1 is 1.23 bits per heavy atom. The zero-order valence-electron chi connectivity index (χ0n) is 15.4. The minimum absolute atomic E-state index is 0.102. The molecule has 0 saturated carbocycles. The Morgan fingerprint density at radius 2 is 2.00 bits per heavy atom. The summed E-state index contributed by atoms with van der Waals surface area (Å²) >= 11 is 0. The molecule has 1 aromatic carbocycles. The zero-order chi connectivity index (χ0) is 18.9. The van der Waals surface area contributed by atoms with E-state index in [0.717, 1.165) is 11.1 Å². The largest absolute Gasteiger partial charge is 0.489 e. The van der Waals surface area contributed by atoms with Gasteiger partial charge in [-0.3, -0.25) is 14.6 Å². The fraction of sp³-hybridized carbons (Fsp3) is 0.350. The first-order chi connectivity index (χ1) is 12.5. The van der Waals surface area contributed by atoms with Crippen LogP contribution in [0.1, 0.15) is 25.0 Å². The van der Waals surface area contributed by atoms with E-state index in [0.29, 0.717) is 18.9 Å². The van der Waals surface area contributed by atoms with E-state index in [1.165, 1.54) is 0 Å². The second kappa shape index (κ2) is 9.56. The summed E-state index contributed by atoms with van der Waals surface area (Å²) in [6.45, 7) is 4.61. The van der Waals surface area contributed by atoms with Gasteiger partial charge in [0.1, 0.15) is 18.4 Å². The van der Waals surface area contributed by atoms with Crippen LogP contribution in [0, 0.1) is 0 Å². The predicted octanol–water partition coefficient (Wildman–Crippen LogP) is 2.19. The summed E-state index contributed by atoms with van der Waals surface area (Å²) in [5.74, 6) is 0.392. The van der Waals surface area contributed by atoms with Crippen LogP contribution >= 0.6 is 0 Å². The standard InChI is InChI=1S/C20H25N3O3/c1-4-23(3)20(25)15(2)22-19(24)12-16-7-5-9-18(11-16)26-14-17-8-6-10-21-13-17/h5-11,13,15H,4,12,14H2,1-3H3,(H,22,24)/t15-/m1/s1. The van der Waals surface area contributed by atoms with Crippen molar-refractivity contribution in [2.24, 2.45) is 0 Å². The molecule has 0 aliphatic rings. The molecule has 2 aromatic rings. The third-order valence-electron chi connectivity index (χ3n) is 3.99. The first-order valence-electron chi connectivity index (χ1n) is 8.64. The van der Waals surface area contributed by atoms with Gasteiger partial charge in [0.25, 0.3) is 0 Å². The third-order valence-corrected chi connectivity index (χ3v) is 3.99. The Bertz CT molecular complexity index is 734. The number of nitrogens with zero attached hydrogens (tertiary/aromatic N) is 2. The highest BCUT2D eigenvalue weighted by atomic mass is 16.5. The minimum atomic E-state index is -0.544. The molecule has 1 aromatic heterocycles. The van der Waals surface area contributed by atoms with Crippen LogP contribution in [0.25, 0.3) is 0 Å². The Balaban J connectivity index is 1.89. The number of ether oxygens (including phenoxy) is 1. The molecule has 0 bridgehead atoms. The SMILES string of the molecule is CCN(C)C(=O)[C@@H](C)NC(=O)Cc1cccc(OCc2cccnc2)c1. The highest BCUT2D eigenvalue weighted by Crippen LogP contribution is 2.15. The number of hydrogen-bond donors (Lipinski definition) is 1. The number of carbonyl (C=O) groups excluding carboxylic acids is 2. The van der Waals surface area contributed by atoms with E-state index >= 15 is 0 Å². The zero-order valence-corrected chi connectivity index (χ0v) is 15.4. The maximum absolute atomic E-state index is 12.2. The highest BCUT2D eigenvalue weighted by molar-refractivity contribution is 5.88. The van der Waals surface area contributed by atoms with Crippen LogP contribution in [0.4, 0.5) is 0 Å². The molecule has 0 unspecified atom stereocenters. The van der Waals surface area contributed by atoms with Gasteiger partial charge in [-0.1, -0.05) is 18.2 Å². The number of hydrogen-bond acceptors (Lipinski definition) is 4. The summed E-state index contributed by atoms with van der Waals surface area (Å²) in [6, 6.07) is 10.6. The van der Waals surface area contributed by atoms with Gasteiger partial charge in [-0.2, -0.15) is 0 Å². The molecule has 1 atom stereocenters. The van der Waals surface area contributed by atoms with Gasteiger partial charge in [0.2, 0.25) is 11.8 Å². The monoisotopic (exact) mass is 355 g/mol. The molecule has 0 saturated heterocycles. The summed E-state index contributed by atoms with van der Waals surface area (Å²) in [6.07, 6.45) is 3.66. The molecule has 0 fully saturated rings. The third kappa shape index (κ3) is 5.88. The lowest BCUT2D eigenvalue weighted by Crippen LogP contribution is -2.45. The molecule has 2 rings (SSSR count). The maximum atomic E-state index is 12.2. The van der Waals surface area contributed by atoms with Crippen LogP contribution in [0.5, 0.6) is 5.75 Å². The number of pyridine rings is 1. The Labute approximate surface area is 154 Å². The van der Waals surface area contributed by atoms with Crippen molar-refractivity contribution < 1.29 is 14.3 Å². The van der Waals surface area contributed by atoms with Crippen molar-refractivity contribution in [3.8, 4) is 5.75 Å². The van der Waals surface area contributed by atoms with Gasteiger partial charge in [-0.25, -0.2) is 0 Å². The number of carbonyl (C=O) groups is 2. The summed E-state index contributed by atoms with van der Waals surface area (Å²) in [7, 11) is 1.72. The first kappa shape index (κ1) is 19.4. The summed E-state index contributed by atoms with van der Waals surface area (Å²) < 4.78 is 5.75. The Kier molecular flexibility index (Phi) is 7.14. The van der Waals surface area contributed by atoms with Crippen LogP contribution in [-0.4, -0.2) is 41.3 Å². The summed E-state index contributed by atoms with van der Waals surface area (Å²) in [5, 5.41) is 2.74. The summed E-state index contributed by atoms with van der Waals surface area (Å²) in [4.78, 5) is 29.9. The van der Waals surface area contributed by atoms with Crippen molar-refractivity contribution in [2.75, 3.05) is 13.6 Å². The fourth-order valence-electron chi connectivity index (χ4n) is 2.42. The Hall–Kier alpha value is -2.89. The number of rotatable bonds is 8. The molecular weight excluding hydrogens is 330 g/mol. The molecule has 6 heteroatoms. The van der Waals surface area contributed by atoms with Gasteiger partial charge in [-0.05, 0) is 37.6 Å². The molecule has 138 valence electrons. The van der Waals surface area contributed by atoms with Crippen molar-refractivity contribution in [3.63, 3.8) is 0 Å². The van der Waals surface area contributed by atoms with Crippen molar-refractivity contribution in [1.82, 2.24) is 15.2 Å². The van der Waals surface area contributed by atoms with Gasteiger partial charge in [0.05, 0.1) is 6.42 Å². The van der Waals surface area contributed by atoms with E-state index in [4.69, 9.17) is 4.74 Å². The first-order valence-corrected chi connectivity index (χ1v) is 8.64. The average molecular weight is 355 g/mol. The van der Waals surface area contributed by atoms with E-state index < -0.39 is 6.04 Å². The number of likely N-dealkylation sites (N-methyl/N-ethyl adjacent to an activating group) is 1. The molecule has 0 aliphatic heterocycles. The van der Waals surface area contributed by atoms with Crippen LogP contribution in [0.3, 0.4) is 0 Å². The van der Waals surface area contributed by atoms with E-state index in [2.05, 4.69) is 10.3 Å². The second-order valence-electron chi connectivity index (χ2n) is 6.12. The number of nitrogens with one attached hydrogen (secondary N) is 1. The van der Waals surface area contributed by atoms with E-state index in [9.17, 15) is 9.59 Å². The van der Waals surface area contributed by atoms with Crippen LogP contribution < -0.4 is 10.1 Å². The molecule has 0 radical (unpaired) electrons. The number of amides is 2. The summed E-state index contributed by atoms with van der Waals surface area (Å²) in [5.41, 5.74) is 1.80. The molecule has 0 aliphatic carbocycles. The minimum Gasteiger partial charge on any atom is -0.489 e. The maximum Gasteiger partial charge on any atom is 0.244 e. The van der Waals surface area contributed by atoms with Gasteiger partial charge in [0, 0.05) is 31.5 Å². The average Bonchev–Trinajstić information content (AvgIpc) is 2.66. The van der Waals surface area contributed by atoms with Crippen molar-refractivity contribution in [1.29, 1.82) is 0 Å². The molecule has 1 N–H and O–H groups in total. The quantitative estimate of drug-likeness (QED) is 0.788. The lowest BCUT2D eigenvalue weighted by Gasteiger charge is -2.20. The topological polar surface area (TPSA) is 71.5 Å². The van der Waals surface area contributed by atoms with Crippen molar-refractivity contribution in [3.05, 3.63) is 59.9 Å². The Morgan fingerprint density at radius 3 is 2.69 bits per heavy atom. The van der Waals surface area contributed by atoms with E-state index in [1.54, 1.807) is 31.3 Å². The van der Waals surface area contributed by atoms with Gasteiger partial charge in [0.15, 0.2) is 0 Å². The molecule has 26 heavy (non-hydrogen) atoms. The lowest BCUT2D eigenvalue weighted by molar-refractivity contribution is -0.134.